The molecule has 0 atom stereocenters. The summed E-state index contributed by atoms with van der Waals surface area (Å²) < 4.78 is 29.2. The zero-order valence-corrected chi connectivity index (χ0v) is 19.4. The van der Waals surface area contributed by atoms with Crippen LogP contribution in [0.4, 0.5) is 16.3 Å². The van der Waals surface area contributed by atoms with Crippen LogP contribution in [0.25, 0.3) is 11.4 Å². The number of hydrogen-bond acceptors (Lipinski definition) is 7. The molecule has 2 N–H and O–H groups in total. The van der Waals surface area contributed by atoms with Gasteiger partial charge in [0.2, 0.25) is 0 Å². The minimum atomic E-state index is -3.41. The third-order valence-electron chi connectivity index (χ3n) is 5.91. The molecule has 1 aromatic heterocycles. The van der Waals surface area contributed by atoms with E-state index >= 15 is 0 Å². The number of rotatable bonds is 6. The molecule has 0 spiro atoms. The molecule has 172 valence electrons. The number of carbonyl (C=O) groups is 1. The highest BCUT2D eigenvalue weighted by atomic mass is 32.2. The van der Waals surface area contributed by atoms with Gasteiger partial charge in [0, 0.05) is 42.7 Å². The van der Waals surface area contributed by atoms with E-state index in [0.29, 0.717) is 49.3 Å². The largest absolute Gasteiger partial charge is 0.378 e. The molecule has 1 saturated heterocycles. The van der Waals surface area contributed by atoms with Gasteiger partial charge in [0.1, 0.15) is 10.6 Å². The van der Waals surface area contributed by atoms with Crippen molar-refractivity contribution in [3.8, 4) is 11.4 Å². The molecule has 4 rings (SSSR count). The molecule has 2 heterocycles. The molecule has 10 heteroatoms. The molecule has 1 saturated carbocycles. The normalized spacial score (nSPS) is 17.2. The summed E-state index contributed by atoms with van der Waals surface area (Å²) in [6.45, 7) is 5.84. The molecule has 2 aliphatic rings. The highest BCUT2D eigenvalue weighted by Crippen LogP contribution is 2.32. The zero-order chi connectivity index (χ0) is 22.9. The van der Waals surface area contributed by atoms with Gasteiger partial charge in [0.05, 0.1) is 18.9 Å². The quantitative estimate of drug-likeness (QED) is 0.682. The van der Waals surface area contributed by atoms with Crippen molar-refractivity contribution in [1.82, 2.24) is 15.3 Å². The van der Waals surface area contributed by atoms with Gasteiger partial charge in [0.15, 0.2) is 15.7 Å². The third kappa shape index (κ3) is 5.02. The fourth-order valence-corrected chi connectivity index (χ4v) is 3.78. The third-order valence-corrected chi connectivity index (χ3v) is 7.97. The van der Waals surface area contributed by atoms with Gasteiger partial charge >= 0.3 is 6.03 Å². The second-order valence-electron chi connectivity index (χ2n) is 8.77. The van der Waals surface area contributed by atoms with Crippen LogP contribution in [0.3, 0.4) is 0 Å². The average Bonchev–Trinajstić information content (AvgIpc) is 3.57. The van der Waals surface area contributed by atoms with E-state index < -0.39 is 14.6 Å². The molecule has 2 fully saturated rings. The Morgan fingerprint density at radius 1 is 1.12 bits per heavy atom. The van der Waals surface area contributed by atoms with E-state index in [-0.39, 0.29) is 12.1 Å². The molecule has 1 aromatic carbocycles. The average molecular weight is 460 g/mol. The number of carbonyl (C=O) groups excluding carboxylic acids is 1. The highest BCUT2D eigenvalue weighted by molar-refractivity contribution is 7.91. The number of urea groups is 1. The van der Waals surface area contributed by atoms with Crippen LogP contribution in [-0.2, 0) is 19.3 Å². The second-order valence-corrected chi connectivity index (χ2v) is 11.3. The predicted octanol–water partition coefficient (Wildman–Crippen LogP) is 2.54. The van der Waals surface area contributed by atoms with Gasteiger partial charge < -0.3 is 20.3 Å². The molecule has 1 aliphatic heterocycles. The van der Waals surface area contributed by atoms with Crippen LogP contribution in [0.1, 0.15) is 32.4 Å². The van der Waals surface area contributed by atoms with Gasteiger partial charge in [-0.15, -0.1) is 0 Å². The van der Waals surface area contributed by atoms with Crippen molar-refractivity contribution in [3.63, 3.8) is 0 Å². The number of hydrogen-bond donors (Lipinski definition) is 2. The van der Waals surface area contributed by atoms with Crippen LogP contribution >= 0.6 is 0 Å². The highest BCUT2D eigenvalue weighted by Gasteiger charge is 2.35. The van der Waals surface area contributed by atoms with Gasteiger partial charge in [-0.25, -0.2) is 23.2 Å². The number of nitrogens with zero attached hydrogens (tertiary/aromatic N) is 3. The second kappa shape index (κ2) is 8.67. The first-order chi connectivity index (χ1) is 15.1. The SMILES string of the molecule is CC(C)(c1cc(N2CCOCC2)nc(-c2ccc(NC(=O)NC3CC3)cc2)n1)S(C)(=O)=O. The van der Waals surface area contributed by atoms with Crippen LogP contribution in [-0.4, -0.2) is 63.0 Å². The van der Waals surface area contributed by atoms with Crippen molar-refractivity contribution in [3.05, 3.63) is 36.0 Å². The minimum absolute atomic E-state index is 0.219. The van der Waals surface area contributed by atoms with Gasteiger partial charge in [0.25, 0.3) is 0 Å². The van der Waals surface area contributed by atoms with E-state index in [1.807, 2.05) is 12.1 Å². The molecular weight excluding hydrogens is 430 g/mol. The first-order valence-electron chi connectivity index (χ1n) is 10.7. The maximum absolute atomic E-state index is 12.5. The summed E-state index contributed by atoms with van der Waals surface area (Å²) in [5.41, 5.74) is 1.84. The fourth-order valence-electron chi connectivity index (χ4n) is 3.30. The lowest BCUT2D eigenvalue weighted by molar-refractivity contribution is 0.122. The van der Waals surface area contributed by atoms with Gasteiger partial charge in [-0.1, -0.05) is 0 Å². The van der Waals surface area contributed by atoms with Crippen LogP contribution in [0.2, 0.25) is 0 Å². The lowest BCUT2D eigenvalue weighted by Crippen LogP contribution is -2.37. The maximum atomic E-state index is 12.5. The summed E-state index contributed by atoms with van der Waals surface area (Å²) in [5.74, 6) is 1.12. The smallest absolute Gasteiger partial charge is 0.319 e. The van der Waals surface area contributed by atoms with E-state index in [9.17, 15) is 13.2 Å². The van der Waals surface area contributed by atoms with E-state index in [1.165, 1.54) is 6.26 Å². The molecule has 2 aromatic rings. The van der Waals surface area contributed by atoms with E-state index in [2.05, 4.69) is 20.5 Å². The number of sulfone groups is 1. The summed E-state index contributed by atoms with van der Waals surface area (Å²) in [7, 11) is -3.41. The van der Waals surface area contributed by atoms with Crippen molar-refractivity contribution < 1.29 is 17.9 Å². The van der Waals surface area contributed by atoms with Crippen molar-refractivity contribution in [2.75, 3.05) is 42.8 Å². The van der Waals surface area contributed by atoms with Crippen LogP contribution in [0.15, 0.2) is 30.3 Å². The molecule has 0 unspecified atom stereocenters. The standard InChI is InChI=1S/C22H29N5O4S/c1-22(2,32(3,29)30)18-14-19(27-10-12-31-13-11-27)26-20(25-18)15-4-6-16(7-5-15)23-21(28)24-17-8-9-17/h4-7,14,17H,8-13H2,1-3H3,(H2,23,24,28). The van der Waals surface area contributed by atoms with Crippen LogP contribution < -0.4 is 15.5 Å². The van der Waals surface area contributed by atoms with E-state index in [1.54, 1.807) is 32.0 Å². The lowest BCUT2D eigenvalue weighted by atomic mass is 10.1. The first kappa shape index (κ1) is 22.5. The summed E-state index contributed by atoms with van der Waals surface area (Å²) in [4.78, 5) is 23.4. The summed E-state index contributed by atoms with van der Waals surface area (Å²) in [6, 6.07) is 9.03. The zero-order valence-electron chi connectivity index (χ0n) is 18.6. The Labute approximate surface area is 188 Å². The van der Waals surface area contributed by atoms with E-state index in [4.69, 9.17) is 9.72 Å². The molecule has 9 nitrogen and oxygen atoms in total. The summed E-state index contributed by atoms with van der Waals surface area (Å²) in [6.07, 6.45) is 3.26. The Morgan fingerprint density at radius 2 is 1.78 bits per heavy atom. The van der Waals surface area contributed by atoms with Crippen molar-refractivity contribution in [2.24, 2.45) is 0 Å². The predicted molar refractivity (Wildman–Crippen MR) is 124 cm³/mol. The van der Waals surface area contributed by atoms with E-state index in [0.717, 1.165) is 18.4 Å². The molecule has 32 heavy (non-hydrogen) atoms. The number of ether oxygens (including phenoxy) is 1. The summed E-state index contributed by atoms with van der Waals surface area (Å²) >= 11 is 0. The topological polar surface area (TPSA) is 114 Å². The molecule has 2 amide bonds. The number of aromatic nitrogens is 2. The van der Waals surface area contributed by atoms with Crippen LogP contribution in [0.5, 0.6) is 0 Å². The Balaban J connectivity index is 1.65. The van der Waals surface area contributed by atoms with Gasteiger partial charge in [-0.05, 0) is 51.0 Å². The number of anilines is 2. The Morgan fingerprint density at radius 3 is 2.38 bits per heavy atom. The van der Waals surface area contributed by atoms with Gasteiger partial charge in [-0.3, -0.25) is 0 Å². The van der Waals surface area contributed by atoms with Crippen molar-refractivity contribution in [2.45, 2.75) is 37.5 Å². The Bertz CT molecular complexity index is 1090. The molecule has 0 bridgehead atoms. The number of amides is 2. The van der Waals surface area contributed by atoms with Gasteiger partial charge in [-0.2, -0.15) is 0 Å². The number of nitrogens with one attached hydrogen (secondary N) is 2. The Hall–Kier alpha value is -2.72. The molecule has 1 aliphatic carbocycles. The molecular formula is C22H29N5O4S. The van der Waals surface area contributed by atoms with Crippen molar-refractivity contribution >= 4 is 27.4 Å². The summed E-state index contributed by atoms with van der Waals surface area (Å²) in [5, 5.41) is 5.70. The van der Waals surface area contributed by atoms with Crippen molar-refractivity contribution in [1.29, 1.82) is 0 Å². The number of benzene rings is 1. The minimum Gasteiger partial charge on any atom is -0.378 e. The van der Waals surface area contributed by atoms with Crippen LogP contribution in [0, 0.1) is 0 Å². The number of morpholine rings is 1. The first-order valence-corrected chi connectivity index (χ1v) is 12.6. The molecule has 0 radical (unpaired) electrons. The Kier molecular flexibility index (Phi) is 6.09. The lowest BCUT2D eigenvalue weighted by Gasteiger charge is -2.30. The maximum Gasteiger partial charge on any atom is 0.319 e. The fraction of sp³-hybridized carbons (Fsp3) is 0.500. The monoisotopic (exact) mass is 459 g/mol.